The first-order valence-corrected chi connectivity index (χ1v) is 6.97. The van der Waals surface area contributed by atoms with Crippen molar-refractivity contribution in [1.29, 1.82) is 0 Å². The van der Waals surface area contributed by atoms with E-state index in [1.807, 2.05) is 18.2 Å². The lowest BCUT2D eigenvalue weighted by molar-refractivity contribution is -0.129. The summed E-state index contributed by atoms with van der Waals surface area (Å²) in [4.78, 5) is 12.8. The van der Waals surface area contributed by atoms with Crippen molar-refractivity contribution < 1.29 is 9.53 Å². The van der Waals surface area contributed by atoms with Crippen LogP contribution in [0.2, 0.25) is 0 Å². The summed E-state index contributed by atoms with van der Waals surface area (Å²) >= 11 is 0. The van der Waals surface area contributed by atoms with Gasteiger partial charge in [-0.15, -0.1) is 0 Å². The van der Waals surface area contributed by atoms with Gasteiger partial charge in [0.15, 0.2) is 0 Å². The third-order valence-corrected chi connectivity index (χ3v) is 4.58. The highest BCUT2D eigenvalue weighted by Crippen LogP contribution is 2.45. The van der Waals surface area contributed by atoms with Crippen molar-refractivity contribution in [2.45, 2.75) is 44.9 Å². The van der Waals surface area contributed by atoms with E-state index in [1.54, 1.807) is 0 Å². The Balaban J connectivity index is 1.92. The van der Waals surface area contributed by atoms with Crippen LogP contribution in [-0.4, -0.2) is 12.4 Å². The number of ketones is 1. The summed E-state index contributed by atoms with van der Waals surface area (Å²) in [7, 11) is 0. The molecular formula is C16H20O2. The zero-order valence-corrected chi connectivity index (χ0v) is 10.9. The van der Waals surface area contributed by atoms with E-state index < -0.39 is 0 Å². The number of hydrogen-bond acceptors (Lipinski definition) is 2. The molecule has 1 aromatic rings. The fourth-order valence-corrected chi connectivity index (χ4v) is 3.44. The second-order valence-electron chi connectivity index (χ2n) is 5.86. The molecule has 0 amide bonds. The molecule has 0 radical (unpaired) electrons. The minimum Gasteiger partial charge on any atom is -0.493 e. The summed E-state index contributed by atoms with van der Waals surface area (Å²) in [6, 6.07) is 8.01. The largest absolute Gasteiger partial charge is 0.493 e. The first kappa shape index (κ1) is 11.8. The molecule has 1 aromatic carbocycles. The first-order chi connectivity index (χ1) is 8.71. The molecule has 1 heterocycles. The molecule has 1 saturated carbocycles. The van der Waals surface area contributed by atoms with Crippen LogP contribution in [0, 0.1) is 5.41 Å². The van der Waals surface area contributed by atoms with E-state index >= 15 is 0 Å². The summed E-state index contributed by atoms with van der Waals surface area (Å²) in [5, 5.41) is 0. The molecule has 0 aromatic heterocycles. The average molecular weight is 244 g/mol. The van der Waals surface area contributed by atoms with Crippen LogP contribution in [0.3, 0.4) is 0 Å². The van der Waals surface area contributed by atoms with Crippen molar-refractivity contribution in [1.82, 2.24) is 0 Å². The van der Waals surface area contributed by atoms with Gasteiger partial charge >= 0.3 is 0 Å². The van der Waals surface area contributed by atoms with E-state index in [0.717, 1.165) is 30.6 Å². The molecule has 1 unspecified atom stereocenters. The van der Waals surface area contributed by atoms with Gasteiger partial charge in [0.2, 0.25) is 0 Å². The van der Waals surface area contributed by atoms with Gasteiger partial charge in [0.1, 0.15) is 11.5 Å². The lowest BCUT2D eigenvalue weighted by Gasteiger charge is -2.31. The summed E-state index contributed by atoms with van der Waals surface area (Å²) in [6.07, 6.45) is 5.36. The number of rotatable bonds is 2. The predicted molar refractivity (Wildman–Crippen MR) is 70.9 cm³/mol. The van der Waals surface area contributed by atoms with Crippen LogP contribution in [-0.2, 0) is 4.79 Å². The van der Waals surface area contributed by atoms with Gasteiger partial charge < -0.3 is 4.74 Å². The van der Waals surface area contributed by atoms with Crippen LogP contribution in [0.4, 0.5) is 0 Å². The molecule has 1 aliphatic heterocycles. The fraction of sp³-hybridized carbons (Fsp3) is 0.562. The molecule has 0 N–H and O–H groups in total. The first-order valence-electron chi connectivity index (χ1n) is 6.97. The SMILES string of the molecule is CC1(C(=O)C2CCOc3ccccc32)CCCC1. The van der Waals surface area contributed by atoms with Gasteiger partial charge in [-0.25, -0.2) is 0 Å². The van der Waals surface area contributed by atoms with Gasteiger partial charge in [0.25, 0.3) is 0 Å². The van der Waals surface area contributed by atoms with Crippen LogP contribution in [0.5, 0.6) is 5.75 Å². The van der Waals surface area contributed by atoms with Gasteiger partial charge in [-0.1, -0.05) is 38.0 Å². The van der Waals surface area contributed by atoms with E-state index in [4.69, 9.17) is 4.74 Å². The lowest BCUT2D eigenvalue weighted by Crippen LogP contribution is -2.32. The number of fused-ring (bicyclic) bond motifs is 1. The third-order valence-electron chi connectivity index (χ3n) is 4.58. The molecule has 2 nitrogen and oxygen atoms in total. The van der Waals surface area contributed by atoms with Crippen molar-refractivity contribution in [2.75, 3.05) is 6.61 Å². The Morgan fingerprint density at radius 3 is 2.78 bits per heavy atom. The maximum atomic E-state index is 12.8. The highest BCUT2D eigenvalue weighted by molar-refractivity contribution is 5.91. The van der Waals surface area contributed by atoms with Crippen LogP contribution < -0.4 is 4.74 Å². The second-order valence-corrected chi connectivity index (χ2v) is 5.86. The molecule has 96 valence electrons. The maximum absolute atomic E-state index is 12.8. The van der Waals surface area contributed by atoms with Crippen LogP contribution >= 0.6 is 0 Å². The molecule has 0 saturated heterocycles. The van der Waals surface area contributed by atoms with E-state index in [0.29, 0.717) is 12.4 Å². The highest BCUT2D eigenvalue weighted by Gasteiger charge is 2.41. The van der Waals surface area contributed by atoms with Crippen LogP contribution in [0.25, 0.3) is 0 Å². The fourth-order valence-electron chi connectivity index (χ4n) is 3.44. The molecule has 1 aliphatic carbocycles. The zero-order valence-electron chi connectivity index (χ0n) is 10.9. The maximum Gasteiger partial charge on any atom is 0.146 e. The van der Waals surface area contributed by atoms with Crippen molar-refractivity contribution in [3.63, 3.8) is 0 Å². The van der Waals surface area contributed by atoms with Crippen LogP contribution in [0.1, 0.15) is 50.5 Å². The number of benzene rings is 1. The summed E-state index contributed by atoms with van der Waals surface area (Å²) in [5.41, 5.74) is 1.01. The molecule has 2 heteroatoms. The summed E-state index contributed by atoms with van der Waals surface area (Å²) < 4.78 is 5.65. The molecule has 18 heavy (non-hydrogen) atoms. The summed E-state index contributed by atoms with van der Waals surface area (Å²) in [6.45, 7) is 2.82. The Kier molecular flexibility index (Phi) is 2.89. The number of carbonyl (C=O) groups excluding carboxylic acids is 1. The average Bonchev–Trinajstić information content (AvgIpc) is 2.85. The number of ether oxygens (including phenoxy) is 1. The van der Waals surface area contributed by atoms with Crippen LogP contribution in [0.15, 0.2) is 24.3 Å². The summed E-state index contributed by atoms with van der Waals surface area (Å²) in [5.74, 6) is 1.40. The number of carbonyl (C=O) groups is 1. The lowest BCUT2D eigenvalue weighted by atomic mass is 9.74. The van der Waals surface area contributed by atoms with E-state index in [-0.39, 0.29) is 11.3 Å². The quantitative estimate of drug-likeness (QED) is 0.793. The highest BCUT2D eigenvalue weighted by atomic mass is 16.5. The third kappa shape index (κ3) is 1.84. The van der Waals surface area contributed by atoms with Gasteiger partial charge in [-0.3, -0.25) is 4.79 Å². The standard InChI is InChI=1S/C16H20O2/c1-16(9-4-5-10-16)15(17)13-8-11-18-14-7-3-2-6-12(13)14/h2-3,6-7,13H,4-5,8-11H2,1H3. The van der Waals surface area contributed by atoms with Crippen molar-refractivity contribution >= 4 is 5.78 Å². The van der Waals surface area contributed by atoms with Gasteiger partial charge in [-0.2, -0.15) is 0 Å². The van der Waals surface area contributed by atoms with E-state index in [1.165, 1.54) is 12.8 Å². The normalized spacial score (nSPS) is 25.3. The molecule has 3 rings (SSSR count). The minimum atomic E-state index is -0.0882. The Morgan fingerprint density at radius 1 is 1.28 bits per heavy atom. The monoisotopic (exact) mass is 244 g/mol. The molecule has 0 spiro atoms. The van der Waals surface area contributed by atoms with Gasteiger partial charge in [0.05, 0.1) is 12.5 Å². The Morgan fingerprint density at radius 2 is 2.00 bits per heavy atom. The number of hydrogen-bond donors (Lipinski definition) is 0. The molecular weight excluding hydrogens is 224 g/mol. The molecule has 0 bridgehead atoms. The number of Topliss-reactive ketones (excluding diaryl/α,β-unsaturated/α-hetero) is 1. The Labute approximate surface area is 108 Å². The van der Waals surface area contributed by atoms with Gasteiger partial charge in [0, 0.05) is 11.0 Å². The second kappa shape index (κ2) is 4.42. The van der Waals surface area contributed by atoms with Gasteiger partial charge in [-0.05, 0) is 25.3 Å². The predicted octanol–water partition coefficient (Wildman–Crippen LogP) is 3.70. The van der Waals surface area contributed by atoms with Crippen molar-refractivity contribution in [3.05, 3.63) is 29.8 Å². The van der Waals surface area contributed by atoms with E-state index in [9.17, 15) is 4.79 Å². The molecule has 1 fully saturated rings. The zero-order chi connectivity index (χ0) is 12.6. The molecule has 2 aliphatic rings. The van der Waals surface area contributed by atoms with Crippen molar-refractivity contribution in [2.24, 2.45) is 5.41 Å². The topological polar surface area (TPSA) is 26.3 Å². The molecule has 1 atom stereocenters. The van der Waals surface area contributed by atoms with E-state index in [2.05, 4.69) is 13.0 Å². The minimum absolute atomic E-state index is 0.0537. The smallest absolute Gasteiger partial charge is 0.146 e. The Bertz CT molecular complexity index is 458. The van der Waals surface area contributed by atoms with Crippen molar-refractivity contribution in [3.8, 4) is 5.75 Å². The Hall–Kier alpha value is -1.31. The number of para-hydroxylation sites is 1.